The van der Waals surface area contributed by atoms with Crippen molar-refractivity contribution < 1.29 is 5.11 Å². The first-order valence-electron chi connectivity index (χ1n) is 6.45. The van der Waals surface area contributed by atoms with Gasteiger partial charge in [-0.1, -0.05) is 12.2 Å². The van der Waals surface area contributed by atoms with Crippen LogP contribution >= 0.6 is 0 Å². The molecule has 0 aromatic carbocycles. The first kappa shape index (κ1) is 11.2. The van der Waals surface area contributed by atoms with E-state index < -0.39 is 0 Å². The van der Waals surface area contributed by atoms with Crippen molar-refractivity contribution in [3.05, 3.63) is 12.2 Å². The van der Waals surface area contributed by atoms with Gasteiger partial charge >= 0.3 is 0 Å². The molecule has 0 heterocycles. The molecule has 0 aliphatic heterocycles. The summed E-state index contributed by atoms with van der Waals surface area (Å²) in [6.45, 7) is 1.53. The fraction of sp³-hybridized carbons (Fsp3) is 0.846. The Morgan fingerprint density at radius 2 is 2.07 bits per heavy atom. The molecule has 0 amide bonds. The second kappa shape index (κ2) is 5.66. The van der Waals surface area contributed by atoms with Crippen molar-refractivity contribution in [3.63, 3.8) is 0 Å². The minimum absolute atomic E-state index is 0.346. The Hall–Kier alpha value is -0.340. The lowest BCUT2D eigenvalue weighted by atomic mass is 10.0. The summed E-state index contributed by atoms with van der Waals surface area (Å²) in [6, 6.07) is 1.56. The van der Waals surface area contributed by atoms with Gasteiger partial charge in [0.15, 0.2) is 0 Å². The molecule has 2 heteroatoms. The van der Waals surface area contributed by atoms with E-state index in [9.17, 15) is 0 Å². The highest BCUT2D eigenvalue weighted by molar-refractivity contribution is 5.02. The Kier molecular flexibility index (Phi) is 4.21. The molecule has 0 radical (unpaired) electrons. The van der Waals surface area contributed by atoms with Crippen LogP contribution in [-0.4, -0.2) is 35.2 Å². The van der Waals surface area contributed by atoms with Crippen molar-refractivity contribution in [1.29, 1.82) is 0 Å². The minimum Gasteiger partial charge on any atom is -0.396 e. The second-order valence-electron chi connectivity index (χ2n) is 4.83. The average molecular weight is 209 g/mol. The highest BCUT2D eigenvalue weighted by atomic mass is 16.2. The van der Waals surface area contributed by atoms with Crippen molar-refractivity contribution in [1.82, 2.24) is 4.90 Å². The van der Waals surface area contributed by atoms with Crippen molar-refractivity contribution in [2.24, 2.45) is 0 Å². The van der Waals surface area contributed by atoms with Gasteiger partial charge < -0.3 is 5.11 Å². The van der Waals surface area contributed by atoms with E-state index in [2.05, 4.69) is 17.1 Å². The molecular weight excluding hydrogens is 186 g/mol. The Labute approximate surface area is 93.0 Å². The zero-order valence-corrected chi connectivity index (χ0v) is 9.57. The zero-order chi connectivity index (χ0) is 10.5. The number of aliphatic hydroxyl groups is 1. The summed E-state index contributed by atoms with van der Waals surface area (Å²) in [5.74, 6) is 0. The lowest BCUT2D eigenvalue weighted by Gasteiger charge is -2.31. The van der Waals surface area contributed by atoms with Crippen LogP contribution in [-0.2, 0) is 0 Å². The monoisotopic (exact) mass is 209 g/mol. The molecule has 1 atom stereocenters. The van der Waals surface area contributed by atoms with Crippen LogP contribution < -0.4 is 0 Å². The first-order chi connectivity index (χ1) is 7.42. The van der Waals surface area contributed by atoms with Crippen molar-refractivity contribution in [3.8, 4) is 0 Å². The van der Waals surface area contributed by atoms with Crippen LogP contribution in [0.4, 0.5) is 0 Å². The van der Waals surface area contributed by atoms with Gasteiger partial charge in [0, 0.05) is 18.7 Å². The van der Waals surface area contributed by atoms with E-state index in [1.807, 2.05) is 0 Å². The van der Waals surface area contributed by atoms with Crippen molar-refractivity contribution in [2.75, 3.05) is 13.2 Å². The Balaban J connectivity index is 1.81. The molecule has 0 aromatic heterocycles. The van der Waals surface area contributed by atoms with Crippen molar-refractivity contribution in [2.45, 2.75) is 57.0 Å². The van der Waals surface area contributed by atoms with E-state index >= 15 is 0 Å². The van der Waals surface area contributed by atoms with E-state index in [0.717, 1.165) is 18.9 Å². The maximum atomic E-state index is 8.81. The molecule has 0 aromatic rings. The molecule has 86 valence electrons. The maximum absolute atomic E-state index is 8.81. The second-order valence-corrected chi connectivity index (χ2v) is 4.83. The number of allylic oxidation sites excluding steroid dienone is 1. The summed E-state index contributed by atoms with van der Waals surface area (Å²) >= 11 is 0. The summed E-state index contributed by atoms with van der Waals surface area (Å²) in [5.41, 5.74) is 0. The van der Waals surface area contributed by atoms with E-state index in [1.54, 1.807) is 0 Å². The highest BCUT2D eigenvalue weighted by Crippen LogP contribution is 2.31. The van der Waals surface area contributed by atoms with Gasteiger partial charge in [0.25, 0.3) is 0 Å². The standard InChI is InChI=1S/C13H23NO/c15-11-5-4-10-14(13-8-9-13)12-6-2-1-3-7-12/h2,6,12-13,15H,1,3-5,7-11H2/t12-/m1/s1. The quantitative estimate of drug-likeness (QED) is 0.536. The van der Waals surface area contributed by atoms with Gasteiger partial charge in [0.1, 0.15) is 0 Å². The topological polar surface area (TPSA) is 23.5 Å². The molecule has 0 bridgehead atoms. The molecule has 15 heavy (non-hydrogen) atoms. The van der Waals surface area contributed by atoms with E-state index in [1.165, 1.54) is 38.6 Å². The average Bonchev–Trinajstić information content (AvgIpc) is 3.10. The molecular formula is C13H23NO. The number of hydrogen-bond acceptors (Lipinski definition) is 2. The Morgan fingerprint density at radius 3 is 2.67 bits per heavy atom. The number of unbranched alkanes of at least 4 members (excludes halogenated alkanes) is 1. The third kappa shape index (κ3) is 3.32. The van der Waals surface area contributed by atoms with E-state index in [4.69, 9.17) is 5.11 Å². The van der Waals surface area contributed by atoms with Crippen LogP contribution in [0.5, 0.6) is 0 Å². The molecule has 0 spiro atoms. The van der Waals surface area contributed by atoms with Crippen LogP contribution in [0.2, 0.25) is 0 Å². The van der Waals surface area contributed by atoms with Gasteiger partial charge in [-0.25, -0.2) is 0 Å². The predicted octanol–water partition coefficient (Wildman–Crippen LogP) is 2.33. The maximum Gasteiger partial charge on any atom is 0.0431 e. The number of rotatable bonds is 6. The van der Waals surface area contributed by atoms with Crippen LogP contribution in [0.3, 0.4) is 0 Å². The van der Waals surface area contributed by atoms with Crippen molar-refractivity contribution >= 4 is 0 Å². The summed E-state index contributed by atoms with van der Waals surface area (Å²) in [4.78, 5) is 2.67. The SMILES string of the molecule is OCCCCN(C1CC1)[C@@H]1C=CCCC1. The van der Waals surface area contributed by atoms with Crippen LogP contribution in [0.25, 0.3) is 0 Å². The number of aliphatic hydroxyl groups excluding tert-OH is 1. The summed E-state index contributed by atoms with van der Waals surface area (Å²) in [6.07, 6.45) is 13.6. The van der Waals surface area contributed by atoms with Gasteiger partial charge in [-0.05, 0) is 51.5 Å². The molecule has 2 rings (SSSR count). The molecule has 1 saturated carbocycles. The van der Waals surface area contributed by atoms with Gasteiger partial charge in [0.2, 0.25) is 0 Å². The molecule has 2 nitrogen and oxygen atoms in total. The van der Waals surface area contributed by atoms with E-state index in [-0.39, 0.29) is 0 Å². The Morgan fingerprint density at radius 1 is 1.20 bits per heavy atom. The largest absolute Gasteiger partial charge is 0.396 e. The fourth-order valence-electron chi connectivity index (χ4n) is 2.50. The zero-order valence-electron chi connectivity index (χ0n) is 9.57. The third-order valence-corrected chi connectivity index (χ3v) is 3.50. The lowest BCUT2D eigenvalue weighted by molar-refractivity contribution is 0.190. The molecule has 1 N–H and O–H groups in total. The molecule has 2 aliphatic rings. The highest BCUT2D eigenvalue weighted by Gasteiger charge is 2.32. The number of hydrogen-bond donors (Lipinski definition) is 1. The van der Waals surface area contributed by atoms with Crippen LogP contribution in [0.1, 0.15) is 44.9 Å². The Bertz CT molecular complexity index is 211. The molecule has 0 saturated heterocycles. The summed E-state index contributed by atoms with van der Waals surface area (Å²) in [5, 5.41) is 8.81. The first-order valence-corrected chi connectivity index (χ1v) is 6.45. The normalized spacial score (nSPS) is 26.1. The predicted molar refractivity (Wildman–Crippen MR) is 62.8 cm³/mol. The van der Waals surface area contributed by atoms with E-state index in [0.29, 0.717) is 12.6 Å². The van der Waals surface area contributed by atoms with Gasteiger partial charge in [-0.2, -0.15) is 0 Å². The minimum atomic E-state index is 0.346. The number of nitrogens with zero attached hydrogens (tertiary/aromatic N) is 1. The van der Waals surface area contributed by atoms with Crippen LogP contribution in [0, 0.1) is 0 Å². The van der Waals surface area contributed by atoms with Gasteiger partial charge in [-0.15, -0.1) is 0 Å². The van der Waals surface area contributed by atoms with Crippen LogP contribution in [0.15, 0.2) is 12.2 Å². The molecule has 0 unspecified atom stereocenters. The smallest absolute Gasteiger partial charge is 0.0431 e. The van der Waals surface area contributed by atoms with Gasteiger partial charge in [0.05, 0.1) is 0 Å². The third-order valence-electron chi connectivity index (χ3n) is 3.50. The summed E-state index contributed by atoms with van der Waals surface area (Å²) in [7, 11) is 0. The molecule has 2 aliphatic carbocycles. The summed E-state index contributed by atoms with van der Waals surface area (Å²) < 4.78 is 0. The fourth-order valence-corrected chi connectivity index (χ4v) is 2.50. The lowest BCUT2D eigenvalue weighted by Crippen LogP contribution is -2.37. The molecule has 1 fully saturated rings. The van der Waals surface area contributed by atoms with Gasteiger partial charge in [-0.3, -0.25) is 4.90 Å².